The maximum Gasteiger partial charge on any atom is 0.325 e. The Balaban J connectivity index is 1.79. The third-order valence-electron chi connectivity index (χ3n) is 2.85. The van der Waals surface area contributed by atoms with Crippen LogP contribution in [0.4, 0.5) is 24.4 Å². The molecular weight excluding hydrogens is 360 g/mol. The van der Waals surface area contributed by atoms with E-state index in [4.69, 9.17) is 16.9 Å². The number of carbonyl (C=O) groups excluding carboxylic acids is 1. The summed E-state index contributed by atoms with van der Waals surface area (Å²) in [6.45, 7) is 0. The van der Waals surface area contributed by atoms with Gasteiger partial charge >= 0.3 is 6.03 Å². The minimum Gasteiger partial charge on any atom is -0.302 e. The van der Waals surface area contributed by atoms with Crippen LogP contribution in [0.25, 0.3) is 10.3 Å². The van der Waals surface area contributed by atoms with Crippen molar-refractivity contribution < 1.29 is 13.6 Å². The van der Waals surface area contributed by atoms with E-state index in [0.29, 0.717) is 10.3 Å². The van der Waals surface area contributed by atoms with Crippen molar-refractivity contribution in [3.05, 3.63) is 46.6 Å². The number of rotatable bonds is 2. The Morgan fingerprint density at radius 2 is 1.92 bits per heavy atom. The molecule has 0 aliphatic rings. The van der Waals surface area contributed by atoms with Gasteiger partial charge in [0.2, 0.25) is 0 Å². The highest BCUT2D eigenvalue weighted by Gasteiger charge is 2.15. The van der Waals surface area contributed by atoms with Crippen LogP contribution in [0.1, 0.15) is 5.56 Å². The molecule has 2 amide bonds. The zero-order valence-corrected chi connectivity index (χ0v) is 13.2. The Kier molecular flexibility index (Phi) is 4.24. The number of halogens is 3. The molecule has 3 rings (SSSR count). The molecule has 3 aromatic rings. The van der Waals surface area contributed by atoms with Crippen LogP contribution in [0.3, 0.4) is 0 Å². The maximum atomic E-state index is 13.7. The first kappa shape index (κ1) is 16.0. The van der Waals surface area contributed by atoms with Crippen molar-refractivity contribution in [2.24, 2.45) is 0 Å². The van der Waals surface area contributed by atoms with Crippen molar-refractivity contribution in [3.8, 4) is 6.07 Å². The molecule has 0 aliphatic carbocycles. The molecule has 120 valence electrons. The van der Waals surface area contributed by atoms with Crippen molar-refractivity contribution >= 4 is 50.1 Å². The second-order valence-corrected chi connectivity index (χ2v) is 5.85. The van der Waals surface area contributed by atoms with Gasteiger partial charge in [0, 0.05) is 0 Å². The lowest BCUT2D eigenvalue weighted by molar-refractivity contribution is 0.262. The first-order chi connectivity index (χ1) is 11.5. The van der Waals surface area contributed by atoms with E-state index in [1.54, 1.807) is 18.2 Å². The number of hydrogen-bond acceptors (Lipinski definition) is 5. The number of urea groups is 1. The van der Waals surface area contributed by atoms with Crippen molar-refractivity contribution in [2.45, 2.75) is 0 Å². The Bertz CT molecular complexity index is 977. The Morgan fingerprint density at radius 3 is 2.58 bits per heavy atom. The van der Waals surface area contributed by atoms with Crippen molar-refractivity contribution in [3.63, 3.8) is 0 Å². The van der Waals surface area contributed by atoms with Crippen LogP contribution in [0.15, 0.2) is 24.3 Å². The minimum atomic E-state index is -1.06. The lowest BCUT2D eigenvalue weighted by atomic mass is 10.2. The Morgan fingerprint density at radius 1 is 1.21 bits per heavy atom. The van der Waals surface area contributed by atoms with Gasteiger partial charge in [0.25, 0.3) is 0 Å². The Hall–Kier alpha value is -2.83. The zero-order valence-electron chi connectivity index (χ0n) is 11.6. The van der Waals surface area contributed by atoms with Gasteiger partial charge in [-0.15, -0.1) is 0 Å². The van der Waals surface area contributed by atoms with Gasteiger partial charge in [0.05, 0.1) is 11.6 Å². The third-order valence-corrected chi connectivity index (χ3v) is 3.94. The number of aromatic nitrogens is 2. The summed E-state index contributed by atoms with van der Waals surface area (Å²) in [6.07, 6.45) is 0. The summed E-state index contributed by atoms with van der Waals surface area (Å²) >= 11 is 6.82. The quantitative estimate of drug-likeness (QED) is 0.668. The normalized spacial score (nSPS) is 10.4. The van der Waals surface area contributed by atoms with E-state index in [2.05, 4.69) is 15.3 Å². The molecule has 24 heavy (non-hydrogen) atoms. The van der Waals surface area contributed by atoms with E-state index in [0.717, 1.165) is 23.5 Å². The van der Waals surface area contributed by atoms with Gasteiger partial charge in [-0.1, -0.05) is 22.9 Å². The van der Waals surface area contributed by atoms with Crippen LogP contribution in [0.2, 0.25) is 5.15 Å². The fourth-order valence-corrected chi connectivity index (χ4v) is 2.88. The van der Waals surface area contributed by atoms with Gasteiger partial charge in [-0.05, 0) is 24.3 Å². The molecule has 0 radical (unpaired) electrons. The highest BCUT2D eigenvalue weighted by atomic mass is 35.5. The third kappa shape index (κ3) is 3.24. The van der Waals surface area contributed by atoms with Gasteiger partial charge in [0.1, 0.15) is 21.2 Å². The number of pyridine rings is 1. The second-order valence-electron chi connectivity index (χ2n) is 4.48. The molecule has 0 atom stereocenters. The van der Waals surface area contributed by atoms with E-state index in [9.17, 15) is 13.6 Å². The number of fused-ring (bicyclic) bond motifs is 1. The van der Waals surface area contributed by atoms with Crippen LogP contribution >= 0.6 is 22.9 Å². The maximum absolute atomic E-state index is 13.7. The highest BCUT2D eigenvalue weighted by molar-refractivity contribution is 7.22. The van der Waals surface area contributed by atoms with Crippen LogP contribution in [-0.2, 0) is 0 Å². The predicted molar refractivity (Wildman–Crippen MR) is 86.1 cm³/mol. The largest absolute Gasteiger partial charge is 0.325 e. The number of nitrogens with one attached hydrogen (secondary N) is 2. The molecule has 2 N–H and O–H groups in total. The molecule has 0 unspecified atom stereocenters. The van der Waals surface area contributed by atoms with Crippen LogP contribution in [-0.4, -0.2) is 16.0 Å². The van der Waals surface area contributed by atoms with Crippen LogP contribution in [0.5, 0.6) is 0 Å². The standard InChI is InChI=1S/C14H6ClF2N5OS/c15-10-2-1-9-12(20-10)24-14(19-9)22-13(23)21-11-7(16)3-6(5-18)4-8(11)17/h1-4H,(H2,19,21,22,23). The first-order valence-corrected chi connectivity index (χ1v) is 7.56. The highest BCUT2D eigenvalue weighted by Crippen LogP contribution is 2.26. The molecule has 0 bridgehead atoms. The van der Waals surface area contributed by atoms with Crippen molar-refractivity contribution in [1.29, 1.82) is 5.26 Å². The van der Waals surface area contributed by atoms with Crippen molar-refractivity contribution in [2.75, 3.05) is 10.6 Å². The number of nitriles is 1. The fraction of sp³-hybridized carbons (Fsp3) is 0. The first-order valence-electron chi connectivity index (χ1n) is 6.36. The summed E-state index contributed by atoms with van der Waals surface area (Å²) < 4.78 is 27.5. The van der Waals surface area contributed by atoms with E-state index >= 15 is 0 Å². The number of hydrogen-bond donors (Lipinski definition) is 2. The zero-order chi connectivity index (χ0) is 17.3. The van der Waals surface area contributed by atoms with Gasteiger partial charge in [-0.2, -0.15) is 5.26 Å². The van der Waals surface area contributed by atoms with Gasteiger partial charge < -0.3 is 5.32 Å². The average Bonchev–Trinajstić information content (AvgIpc) is 2.91. The molecule has 6 nitrogen and oxygen atoms in total. The molecule has 2 heterocycles. The van der Waals surface area contributed by atoms with Gasteiger partial charge in [0.15, 0.2) is 16.8 Å². The lowest BCUT2D eigenvalue weighted by Gasteiger charge is -2.07. The predicted octanol–water partition coefficient (Wildman–Crippen LogP) is 4.14. The van der Waals surface area contributed by atoms with Gasteiger partial charge in [-0.25, -0.2) is 23.5 Å². The van der Waals surface area contributed by atoms with Crippen LogP contribution in [0, 0.1) is 23.0 Å². The number of anilines is 2. The summed E-state index contributed by atoms with van der Waals surface area (Å²) in [5.41, 5.74) is -0.325. The summed E-state index contributed by atoms with van der Waals surface area (Å²) in [6, 6.07) is 5.55. The molecular formula is C14H6ClF2N5OS. The van der Waals surface area contributed by atoms with Gasteiger partial charge in [-0.3, -0.25) is 5.32 Å². The molecule has 0 spiro atoms. The lowest BCUT2D eigenvalue weighted by Crippen LogP contribution is -2.21. The van der Waals surface area contributed by atoms with Crippen molar-refractivity contribution in [1.82, 2.24) is 9.97 Å². The number of amides is 2. The minimum absolute atomic E-state index is 0.187. The Labute approximate surface area is 142 Å². The molecule has 0 fully saturated rings. The molecule has 0 saturated carbocycles. The molecule has 0 aliphatic heterocycles. The number of nitrogens with zero attached hydrogens (tertiary/aromatic N) is 3. The summed E-state index contributed by atoms with van der Waals surface area (Å²) in [5, 5.41) is 13.5. The second kappa shape index (κ2) is 6.35. The molecule has 1 aromatic carbocycles. The van der Waals surface area contributed by atoms with E-state index in [1.165, 1.54) is 0 Å². The number of benzene rings is 1. The summed E-state index contributed by atoms with van der Waals surface area (Å²) in [7, 11) is 0. The van der Waals surface area contributed by atoms with E-state index < -0.39 is 23.4 Å². The smallest absolute Gasteiger partial charge is 0.302 e. The molecule has 10 heteroatoms. The summed E-state index contributed by atoms with van der Waals surface area (Å²) in [5.74, 6) is -2.11. The number of carbonyl (C=O) groups is 1. The fourth-order valence-electron chi connectivity index (χ4n) is 1.85. The molecule has 0 saturated heterocycles. The monoisotopic (exact) mass is 365 g/mol. The molecule has 2 aromatic heterocycles. The SMILES string of the molecule is N#Cc1cc(F)c(NC(=O)Nc2nc3ccc(Cl)nc3s2)c(F)c1. The van der Waals surface area contributed by atoms with E-state index in [-0.39, 0.29) is 15.8 Å². The van der Waals surface area contributed by atoms with Crippen LogP contribution < -0.4 is 10.6 Å². The summed E-state index contributed by atoms with van der Waals surface area (Å²) in [4.78, 5) is 20.5. The number of thiazole rings is 1. The van der Waals surface area contributed by atoms with E-state index in [1.807, 2.05) is 5.32 Å². The average molecular weight is 366 g/mol. The topological polar surface area (TPSA) is 90.7 Å².